The van der Waals surface area contributed by atoms with E-state index in [1.54, 1.807) is 16.0 Å². The second-order valence-electron chi connectivity index (χ2n) is 11.6. The number of halogens is 3. The van der Waals surface area contributed by atoms with Gasteiger partial charge in [-0.3, -0.25) is 19.0 Å². The average Bonchev–Trinajstić information content (AvgIpc) is 3.54. The number of nitrogens with zero attached hydrogens (tertiary/aromatic N) is 3. The minimum atomic E-state index is -4.48. The quantitative estimate of drug-likeness (QED) is 0.218. The summed E-state index contributed by atoms with van der Waals surface area (Å²) in [5.41, 5.74) is 3.73. The zero-order valence-corrected chi connectivity index (χ0v) is 27.3. The smallest absolute Gasteiger partial charge is 0.416 e. The van der Waals surface area contributed by atoms with Crippen LogP contribution in [0.25, 0.3) is 33.6 Å². The number of nitrogens with one attached hydrogen (secondary N) is 1. The Hall–Kier alpha value is -4.55. The van der Waals surface area contributed by atoms with E-state index in [0.29, 0.717) is 40.5 Å². The third-order valence-corrected chi connectivity index (χ3v) is 8.96. The molecule has 47 heavy (non-hydrogen) atoms. The lowest BCUT2D eigenvalue weighted by molar-refractivity contribution is -0.140. The van der Waals surface area contributed by atoms with Gasteiger partial charge in [-0.05, 0) is 62.1 Å². The summed E-state index contributed by atoms with van der Waals surface area (Å²) in [5.74, 6) is -1.49. The molecular weight excluding hydrogens is 629 g/mol. The molecule has 1 fully saturated rings. The number of carboxylic acid groups (broad SMARTS) is 1. The number of allylic oxidation sites excluding steroid dienone is 1. The Balaban J connectivity index is 1.77. The van der Waals surface area contributed by atoms with Gasteiger partial charge in [-0.1, -0.05) is 49.8 Å². The first-order valence-corrected chi connectivity index (χ1v) is 16.2. The van der Waals surface area contributed by atoms with E-state index in [9.17, 15) is 32.7 Å². The molecule has 1 saturated heterocycles. The van der Waals surface area contributed by atoms with Gasteiger partial charge in [0, 0.05) is 30.6 Å². The molecule has 12 heteroatoms. The van der Waals surface area contributed by atoms with Crippen molar-refractivity contribution in [3.63, 3.8) is 0 Å². The average molecular weight is 665 g/mol. The number of amides is 1. The number of hydrogen-bond donors (Lipinski definition) is 2. The topological polar surface area (TPSA) is 105 Å². The van der Waals surface area contributed by atoms with Crippen LogP contribution in [0.2, 0.25) is 0 Å². The lowest BCUT2D eigenvalue weighted by Crippen LogP contribution is -2.55. The molecule has 5 rings (SSSR count). The van der Waals surface area contributed by atoms with Crippen LogP contribution < -0.4 is 10.9 Å². The fourth-order valence-corrected chi connectivity index (χ4v) is 6.56. The van der Waals surface area contributed by atoms with E-state index in [1.807, 2.05) is 45.9 Å². The summed E-state index contributed by atoms with van der Waals surface area (Å²) in [6, 6.07) is 11.0. The lowest BCUT2D eigenvalue weighted by atomic mass is 9.99. The number of benzene rings is 2. The molecular formula is C35H35F3N4O4S. The minimum Gasteiger partial charge on any atom is -0.480 e. The molecule has 0 aliphatic carbocycles. The first-order chi connectivity index (χ1) is 22.3. The van der Waals surface area contributed by atoms with Gasteiger partial charge in [-0.15, -0.1) is 11.3 Å². The Labute approximate surface area is 274 Å². The van der Waals surface area contributed by atoms with E-state index >= 15 is 0 Å². The van der Waals surface area contributed by atoms with Gasteiger partial charge in [-0.2, -0.15) is 13.2 Å². The van der Waals surface area contributed by atoms with Gasteiger partial charge in [0.2, 0.25) is 0 Å². The van der Waals surface area contributed by atoms with Crippen LogP contribution in [0.5, 0.6) is 0 Å². The standard InChI is InChI=1S/C35H35F3N4O4S/c1-5-21-8-7-9-22(6-2)30(21)42-29(16-20(3)4)25(32(43)41-15-14-39-27(18-41)34(45)46)17-26(33(42)44)31-40-28(19-47-31)23-10-12-24(13-11-23)35(36,37)38/h7-13,16-17,19,27,39H,5-6,14-15,18H2,1-4H3,(H,45,46)/t27-/m1/s1. The molecule has 1 amide bonds. The zero-order valence-electron chi connectivity index (χ0n) is 26.4. The fourth-order valence-electron chi connectivity index (χ4n) is 5.73. The molecule has 1 atom stereocenters. The monoisotopic (exact) mass is 664 g/mol. The van der Waals surface area contributed by atoms with E-state index in [0.717, 1.165) is 40.2 Å². The Kier molecular flexibility index (Phi) is 9.83. The Bertz CT molecular complexity index is 1880. The van der Waals surface area contributed by atoms with Crippen molar-refractivity contribution in [2.24, 2.45) is 0 Å². The van der Waals surface area contributed by atoms with Crippen molar-refractivity contribution in [3.8, 4) is 27.5 Å². The van der Waals surface area contributed by atoms with Gasteiger partial charge < -0.3 is 15.3 Å². The molecule has 1 aliphatic rings. The SMILES string of the molecule is CCc1cccc(CC)c1-n1c(C=C(C)C)c(C(=O)N2CCN[C@@H](C(=O)O)C2)cc(-c2nc(-c3ccc(C(F)(F)F)cc3)cs2)c1=O. The van der Waals surface area contributed by atoms with E-state index < -0.39 is 35.2 Å². The number of rotatable bonds is 8. The number of thiazole rings is 1. The molecule has 8 nitrogen and oxygen atoms in total. The first kappa shape index (κ1) is 33.8. The van der Waals surface area contributed by atoms with Gasteiger partial charge in [0.15, 0.2) is 0 Å². The molecule has 246 valence electrons. The van der Waals surface area contributed by atoms with Crippen molar-refractivity contribution in [2.45, 2.75) is 52.8 Å². The number of pyridine rings is 1. The summed E-state index contributed by atoms with van der Waals surface area (Å²) in [7, 11) is 0. The fraction of sp³-hybridized carbons (Fsp3) is 0.314. The predicted octanol–water partition coefficient (Wildman–Crippen LogP) is 6.69. The second kappa shape index (κ2) is 13.7. The number of alkyl halides is 3. The maximum absolute atomic E-state index is 14.7. The van der Waals surface area contributed by atoms with Crippen LogP contribution in [0, 0.1) is 0 Å². The number of piperazine rings is 1. The summed E-state index contributed by atoms with van der Waals surface area (Å²) in [4.78, 5) is 47.0. The molecule has 1 aliphatic heterocycles. The number of carboxylic acids is 1. The lowest BCUT2D eigenvalue weighted by Gasteiger charge is -2.32. The molecule has 0 unspecified atom stereocenters. The van der Waals surface area contributed by atoms with Crippen LogP contribution in [0.15, 0.2) is 64.3 Å². The van der Waals surface area contributed by atoms with Gasteiger partial charge in [0.05, 0.1) is 33.8 Å². The second-order valence-corrected chi connectivity index (χ2v) is 12.4. The van der Waals surface area contributed by atoms with Gasteiger partial charge in [-0.25, -0.2) is 4.98 Å². The van der Waals surface area contributed by atoms with E-state index in [4.69, 9.17) is 0 Å². The van der Waals surface area contributed by atoms with E-state index in [2.05, 4.69) is 10.3 Å². The molecule has 4 aromatic rings. The highest BCUT2D eigenvalue weighted by Crippen LogP contribution is 2.34. The van der Waals surface area contributed by atoms with Crippen molar-refractivity contribution in [2.75, 3.05) is 19.6 Å². The maximum atomic E-state index is 14.7. The molecule has 0 radical (unpaired) electrons. The zero-order chi connectivity index (χ0) is 34.0. The third-order valence-electron chi connectivity index (χ3n) is 8.09. The summed E-state index contributed by atoms with van der Waals surface area (Å²) < 4.78 is 41.1. The van der Waals surface area contributed by atoms with Gasteiger partial charge in [0.25, 0.3) is 11.5 Å². The minimum absolute atomic E-state index is 0.0576. The normalized spacial score (nSPS) is 15.0. The summed E-state index contributed by atoms with van der Waals surface area (Å²) in [6.45, 7) is 8.21. The van der Waals surface area contributed by atoms with E-state index in [1.165, 1.54) is 23.1 Å². The molecule has 2 aromatic carbocycles. The van der Waals surface area contributed by atoms with Crippen molar-refractivity contribution in [1.29, 1.82) is 0 Å². The predicted molar refractivity (Wildman–Crippen MR) is 177 cm³/mol. The molecule has 3 heterocycles. The molecule has 2 aromatic heterocycles. The number of carbonyl (C=O) groups is 2. The largest absolute Gasteiger partial charge is 0.480 e. The number of aromatic nitrogens is 2. The number of hydrogen-bond acceptors (Lipinski definition) is 6. The maximum Gasteiger partial charge on any atom is 0.416 e. The van der Waals surface area contributed by atoms with Crippen LogP contribution in [0.4, 0.5) is 13.2 Å². The van der Waals surface area contributed by atoms with Crippen LogP contribution >= 0.6 is 11.3 Å². The van der Waals surface area contributed by atoms with Crippen LogP contribution in [-0.4, -0.2) is 57.1 Å². The van der Waals surface area contributed by atoms with Gasteiger partial charge in [0.1, 0.15) is 11.0 Å². The molecule has 2 N–H and O–H groups in total. The highest BCUT2D eigenvalue weighted by atomic mass is 32.1. The Morgan fingerprint density at radius 2 is 1.74 bits per heavy atom. The highest BCUT2D eigenvalue weighted by Gasteiger charge is 2.32. The number of carbonyl (C=O) groups excluding carboxylic acids is 1. The van der Waals surface area contributed by atoms with E-state index in [-0.39, 0.29) is 30.8 Å². The molecule has 0 saturated carbocycles. The Morgan fingerprint density at radius 1 is 1.09 bits per heavy atom. The van der Waals surface area contributed by atoms with Gasteiger partial charge >= 0.3 is 12.1 Å². The van der Waals surface area contributed by atoms with Crippen molar-refractivity contribution in [1.82, 2.24) is 19.8 Å². The summed E-state index contributed by atoms with van der Waals surface area (Å²) >= 11 is 1.15. The van der Waals surface area contributed by atoms with Crippen LogP contribution in [0.3, 0.4) is 0 Å². The summed E-state index contributed by atoms with van der Waals surface area (Å²) in [5, 5.41) is 14.5. The number of aryl methyl sites for hydroxylation is 2. The number of para-hydroxylation sites is 1. The number of aliphatic carboxylic acids is 1. The van der Waals surface area contributed by atoms with Crippen molar-refractivity contribution >= 4 is 29.3 Å². The molecule has 0 bridgehead atoms. The van der Waals surface area contributed by atoms with Crippen LogP contribution in [-0.2, 0) is 23.8 Å². The Morgan fingerprint density at radius 3 is 2.32 bits per heavy atom. The summed E-state index contributed by atoms with van der Waals surface area (Å²) in [6.07, 6.45) is -1.46. The van der Waals surface area contributed by atoms with Crippen LogP contribution in [0.1, 0.15) is 60.4 Å². The third kappa shape index (κ3) is 6.93. The highest BCUT2D eigenvalue weighted by molar-refractivity contribution is 7.13. The van der Waals surface area contributed by atoms with Crippen molar-refractivity contribution < 1.29 is 27.9 Å². The van der Waals surface area contributed by atoms with Crippen molar-refractivity contribution in [3.05, 3.63) is 97.8 Å². The first-order valence-electron chi connectivity index (χ1n) is 15.3. The molecule has 0 spiro atoms.